The molecule has 4 rings (SSSR count). The van der Waals surface area contributed by atoms with Crippen LogP contribution in [0.25, 0.3) is 10.9 Å². The second kappa shape index (κ2) is 9.26. The quantitative estimate of drug-likeness (QED) is 0.725. The van der Waals surface area contributed by atoms with Gasteiger partial charge in [0, 0.05) is 30.3 Å². The van der Waals surface area contributed by atoms with Crippen LogP contribution in [0.2, 0.25) is 0 Å². The fraction of sp³-hybridized carbons (Fsp3) is 0.565. The van der Waals surface area contributed by atoms with E-state index in [1.807, 2.05) is 18.2 Å². The molecule has 1 saturated heterocycles. The number of fused-ring (bicyclic) bond motifs is 1. The summed E-state index contributed by atoms with van der Waals surface area (Å²) in [7, 11) is 0. The summed E-state index contributed by atoms with van der Waals surface area (Å²) >= 11 is 5.80. The maximum atomic E-state index is 12.8. The minimum Gasteiger partial charge on any atom is -0.376 e. The molecule has 156 valence electrons. The highest BCUT2D eigenvalue weighted by Gasteiger charge is 2.25. The Bertz CT molecular complexity index is 914. The summed E-state index contributed by atoms with van der Waals surface area (Å²) in [6.45, 7) is 4.20. The van der Waals surface area contributed by atoms with Crippen molar-refractivity contribution in [3.63, 3.8) is 0 Å². The van der Waals surface area contributed by atoms with Crippen molar-refractivity contribution in [1.82, 2.24) is 15.2 Å². The highest BCUT2D eigenvalue weighted by Crippen LogP contribution is 2.24. The maximum Gasteiger partial charge on any atom is 0.253 e. The van der Waals surface area contributed by atoms with Crippen LogP contribution in [-0.4, -0.2) is 40.3 Å². The van der Waals surface area contributed by atoms with Gasteiger partial charge in [-0.2, -0.15) is 0 Å². The van der Waals surface area contributed by atoms with Crippen LogP contribution in [0.15, 0.2) is 29.1 Å². The number of aryl methyl sites for hydroxylation is 1. The van der Waals surface area contributed by atoms with Gasteiger partial charge in [0.15, 0.2) is 5.11 Å². The predicted octanol–water partition coefficient (Wildman–Crippen LogP) is 4.02. The van der Waals surface area contributed by atoms with Crippen molar-refractivity contribution in [2.75, 3.05) is 13.2 Å². The van der Waals surface area contributed by atoms with Gasteiger partial charge in [-0.25, -0.2) is 0 Å². The fourth-order valence-corrected chi connectivity index (χ4v) is 4.84. The van der Waals surface area contributed by atoms with E-state index in [0.717, 1.165) is 60.4 Å². The molecule has 1 aromatic carbocycles. The number of aromatic nitrogens is 1. The Kier molecular flexibility index (Phi) is 6.50. The monoisotopic (exact) mass is 413 g/mol. The molecule has 5 nitrogen and oxygen atoms in total. The molecule has 0 spiro atoms. The van der Waals surface area contributed by atoms with Crippen molar-refractivity contribution in [2.45, 2.75) is 70.6 Å². The van der Waals surface area contributed by atoms with Crippen molar-refractivity contribution in [3.8, 4) is 0 Å². The smallest absolute Gasteiger partial charge is 0.253 e. The van der Waals surface area contributed by atoms with Crippen molar-refractivity contribution in [1.29, 1.82) is 0 Å². The molecule has 1 aromatic heterocycles. The van der Waals surface area contributed by atoms with Crippen LogP contribution in [0.1, 0.15) is 56.1 Å². The SMILES string of the molecule is Cc1ccc2[nH]c(=O)c(CN(C(=S)NC[C@@H]3CCCO3)C3CCCCC3)cc2c1. The molecule has 6 heteroatoms. The van der Waals surface area contributed by atoms with Crippen LogP contribution in [0.3, 0.4) is 0 Å². The fourth-order valence-electron chi connectivity index (χ4n) is 4.54. The van der Waals surface area contributed by atoms with Gasteiger partial charge in [-0.05, 0) is 68.4 Å². The number of benzene rings is 1. The Hall–Kier alpha value is -1.92. The summed E-state index contributed by atoms with van der Waals surface area (Å²) in [5.41, 5.74) is 2.82. The maximum absolute atomic E-state index is 12.8. The normalized spacial score (nSPS) is 20.1. The average Bonchev–Trinajstić information content (AvgIpc) is 3.25. The largest absolute Gasteiger partial charge is 0.376 e. The van der Waals surface area contributed by atoms with E-state index in [1.54, 1.807) is 0 Å². The number of H-pyrrole nitrogens is 1. The Labute approximate surface area is 177 Å². The lowest BCUT2D eigenvalue weighted by Crippen LogP contribution is -2.48. The summed E-state index contributed by atoms with van der Waals surface area (Å²) in [6, 6.07) is 8.53. The van der Waals surface area contributed by atoms with Gasteiger partial charge in [-0.1, -0.05) is 30.9 Å². The Morgan fingerprint density at radius 2 is 2.03 bits per heavy atom. The third-order valence-electron chi connectivity index (χ3n) is 6.20. The molecule has 2 aliphatic rings. The van der Waals surface area contributed by atoms with Gasteiger partial charge in [0.05, 0.1) is 12.6 Å². The number of ether oxygens (including phenoxy) is 1. The lowest BCUT2D eigenvalue weighted by molar-refractivity contribution is 0.112. The standard InChI is InChI=1S/C23H31N3O2S/c1-16-9-10-21-17(12-16)13-18(22(27)25-21)15-26(19-6-3-2-4-7-19)23(29)24-14-20-8-5-11-28-20/h9-10,12-13,19-20H,2-8,11,14-15H2,1H3,(H,24,29)(H,25,27)/t20-/m0/s1. The topological polar surface area (TPSA) is 57.4 Å². The minimum atomic E-state index is -0.0240. The molecule has 1 saturated carbocycles. The number of thiocarbonyl (C=S) groups is 1. The summed E-state index contributed by atoms with van der Waals surface area (Å²) in [5.74, 6) is 0. The predicted molar refractivity (Wildman–Crippen MR) is 121 cm³/mol. The van der Waals surface area contributed by atoms with Crippen LogP contribution in [-0.2, 0) is 11.3 Å². The molecule has 1 atom stereocenters. The second-order valence-corrected chi connectivity index (χ2v) is 8.84. The Morgan fingerprint density at radius 3 is 2.79 bits per heavy atom. The summed E-state index contributed by atoms with van der Waals surface area (Å²) in [4.78, 5) is 18.0. The number of nitrogens with zero attached hydrogens (tertiary/aromatic N) is 1. The van der Waals surface area contributed by atoms with Crippen LogP contribution >= 0.6 is 12.2 Å². The Morgan fingerprint density at radius 1 is 1.21 bits per heavy atom. The van der Waals surface area contributed by atoms with Gasteiger partial charge >= 0.3 is 0 Å². The molecule has 0 bridgehead atoms. The molecular weight excluding hydrogens is 382 g/mol. The molecule has 29 heavy (non-hydrogen) atoms. The number of rotatable bonds is 5. The van der Waals surface area contributed by atoms with E-state index < -0.39 is 0 Å². The first-order valence-corrected chi connectivity index (χ1v) is 11.3. The molecule has 2 aromatic rings. The van der Waals surface area contributed by atoms with E-state index in [2.05, 4.69) is 28.2 Å². The van der Waals surface area contributed by atoms with Gasteiger partial charge in [-0.3, -0.25) is 4.79 Å². The van der Waals surface area contributed by atoms with Gasteiger partial charge in [-0.15, -0.1) is 0 Å². The van der Waals surface area contributed by atoms with Crippen LogP contribution < -0.4 is 10.9 Å². The Balaban J connectivity index is 1.55. The zero-order chi connectivity index (χ0) is 20.2. The lowest BCUT2D eigenvalue weighted by atomic mass is 9.94. The van der Waals surface area contributed by atoms with E-state index in [0.29, 0.717) is 12.6 Å². The number of hydrogen-bond acceptors (Lipinski definition) is 3. The number of aromatic amines is 1. The first-order chi connectivity index (χ1) is 14.1. The van der Waals surface area contributed by atoms with Crippen LogP contribution in [0, 0.1) is 6.92 Å². The third-order valence-corrected chi connectivity index (χ3v) is 6.58. The van der Waals surface area contributed by atoms with E-state index in [-0.39, 0.29) is 11.7 Å². The summed E-state index contributed by atoms with van der Waals surface area (Å²) in [6.07, 6.45) is 8.45. The van der Waals surface area contributed by atoms with Gasteiger partial charge in [0.25, 0.3) is 5.56 Å². The lowest BCUT2D eigenvalue weighted by Gasteiger charge is -2.36. The molecule has 1 aliphatic heterocycles. The first kappa shape index (κ1) is 20.4. The molecule has 0 radical (unpaired) electrons. The molecule has 2 fully saturated rings. The van der Waals surface area contributed by atoms with E-state index in [1.165, 1.54) is 24.8 Å². The third kappa shape index (κ3) is 4.98. The highest BCUT2D eigenvalue weighted by molar-refractivity contribution is 7.80. The van der Waals surface area contributed by atoms with Gasteiger partial charge < -0.3 is 19.9 Å². The van der Waals surface area contributed by atoms with Crippen molar-refractivity contribution >= 4 is 28.2 Å². The van der Waals surface area contributed by atoms with Crippen LogP contribution in [0.4, 0.5) is 0 Å². The molecule has 0 amide bonds. The summed E-state index contributed by atoms with van der Waals surface area (Å²) < 4.78 is 5.73. The number of hydrogen-bond donors (Lipinski definition) is 2. The second-order valence-electron chi connectivity index (χ2n) is 8.46. The zero-order valence-corrected chi connectivity index (χ0v) is 18.0. The molecule has 1 aliphatic carbocycles. The average molecular weight is 414 g/mol. The van der Waals surface area contributed by atoms with E-state index in [4.69, 9.17) is 17.0 Å². The van der Waals surface area contributed by atoms with Crippen molar-refractivity contribution in [2.24, 2.45) is 0 Å². The van der Waals surface area contributed by atoms with Crippen molar-refractivity contribution in [3.05, 3.63) is 45.7 Å². The van der Waals surface area contributed by atoms with Gasteiger partial charge in [0.2, 0.25) is 0 Å². The van der Waals surface area contributed by atoms with Gasteiger partial charge in [0.1, 0.15) is 0 Å². The molecule has 2 heterocycles. The van der Waals surface area contributed by atoms with E-state index >= 15 is 0 Å². The summed E-state index contributed by atoms with van der Waals surface area (Å²) in [5, 5.41) is 5.25. The number of pyridine rings is 1. The minimum absolute atomic E-state index is 0.0240. The van der Waals surface area contributed by atoms with Crippen LogP contribution in [0.5, 0.6) is 0 Å². The van der Waals surface area contributed by atoms with Crippen molar-refractivity contribution < 1.29 is 4.74 Å². The van der Waals surface area contributed by atoms with E-state index in [9.17, 15) is 4.79 Å². The molecular formula is C23H31N3O2S. The molecule has 2 N–H and O–H groups in total. The zero-order valence-electron chi connectivity index (χ0n) is 17.2. The number of nitrogens with one attached hydrogen (secondary N) is 2. The first-order valence-electron chi connectivity index (χ1n) is 10.9. The molecule has 0 unspecified atom stereocenters. The highest BCUT2D eigenvalue weighted by atomic mass is 32.1.